The standard InChI is InChI=1S/C22H37BrN2O2S2/c1-4-28-22(29-5-2)19-10-9-12-25(19)16-17-14-20(26-3)21(15-18(17)24)27-13-8-6-7-11-23/h14-15,19,22H,4-13,16,24H2,1-3H3. The van der Waals surface area contributed by atoms with E-state index in [4.69, 9.17) is 15.2 Å². The van der Waals surface area contributed by atoms with Gasteiger partial charge >= 0.3 is 0 Å². The van der Waals surface area contributed by atoms with Crippen LogP contribution in [0.2, 0.25) is 0 Å². The average molecular weight is 506 g/mol. The number of hydrogen-bond donors (Lipinski definition) is 1. The van der Waals surface area contributed by atoms with Crippen LogP contribution < -0.4 is 15.2 Å². The summed E-state index contributed by atoms with van der Waals surface area (Å²) < 4.78 is 12.2. The molecule has 4 nitrogen and oxygen atoms in total. The molecule has 1 aromatic carbocycles. The third-order valence-corrected chi connectivity index (χ3v) is 8.55. The molecule has 1 saturated heterocycles. The number of benzene rings is 1. The number of unbranched alkanes of at least 4 members (excludes halogenated alkanes) is 2. The van der Waals surface area contributed by atoms with E-state index in [1.54, 1.807) is 7.11 Å². The molecule has 1 aromatic rings. The first-order chi connectivity index (χ1) is 14.1. The maximum absolute atomic E-state index is 6.44. The molecule has 2 rings (SSSR count). The molecule has 0 radical (unpaired) electrons. The summed E-state index contributed by atoms with van der Waals surface area (Å²) in [5.41, 5.74) is 8.38. The van der Waals surface area contributed by atoms with Gasteiger partial charge in [-0.1, -0.05) is 29.8 Å². The number of nitrogens with two attached hydrogens (primary N) is 1. The Labute approximate surface area is 194 Å². The van der Waals surface area contributed by atoms with Gasteiger partial charge in [0.05, 0.1) is 18.3 Å². The molecule has 1 aliphatic heterocycles. The molecular weight excluding hydrogens is 468 g/mol. The zero-order chi connectivity index (χ0) is 21.1. The molecule has 1 atom stereocenters. The normalized spacial score (nSPS) is 17.2. The minimum absolute atomic E-state index is 0.612. The van der Waals surface area contributed by atoms with Crippen molar-refractivity contribution < 1.29 is 9.47 Å². The number of thioether (sulfide) groups is 2. The third-order valence-electron chi connectivity index (χ3n) is 5.22. The van der Waals surface area contributed by atoms with Gasteiger partial charge in [0, 0.05) is 29.7 Å². The van der Waals surface area contributed by atoms with Crippen LogP contribution in [-0.4, -0.2) is 52.6 Å². The van der Waals surface area contributed by atoms with Crippen molar-refractivity contribution in [2.45, 2.75) is 63.1 Å². The third kappa shape index (κ3) is 7.75. The molecule has 1 unspecified atom stereocenters. The monoisotopic (exact) mass is 504 g/mol. The number of halogens is 1. The second kappa shape index (κ2) is 13.9. The average Bonchev–Trinajstić information content (AvgIpc) is 3.17. The molecule has 0 bridgehead atoms. The lowest BCUT2D eigenvalue weighted by Crippen LogP contribution is -2.36. The molecular formula is C22H37BrN2O2S2. The van der Waals surface area contributed by atoms with Crippen molar-refractivity contribution in [1.29, 1.82) is 0 Å². The molecule has 166 valence electrons. The highest BCUT2D eigenvalue weighted by Crippen LogP contribution is 2.38. The minimum atomic E-state index is 0.612. The van der Waals surface area contributed by atoms with Gasteiger partial charge in [0.15, 0.2) is 11.5 Å². The predicted octanol–water partition coefficient (Wildman–Crippen LogP) is 6.02. The van der Waals surface area contributed by atoms with Crippen LogP contribution in [-0.2, 0) is 6.54 Å². The van der Waals surface area contributed by atoms with E-state index in [-0.39, 0.29) is 0 Å². The number of nitrogens with zero attached hydrogens (tertiary/aromatic N) is 1. The molecule has 0 saturated carbocycles. The highest BCUT2D eigenvalue weighted by atomic mass is 79.9. The summed E-state index contributed by atoms with van der Waals surface area (Å²) in [6.45, 7) is 7.23. The van der Waals surface area contributed by atoms with Crippen molar-refractivity contribution in [3.05, 3.63) is 17.7 Å². The van der Waals surface area contributed by atoms with Crippen LogP contribution in [0.4, 0.5) is 5.69 Å². The van der Waals surface area contributed by atoms with Gasteiger partial charge in [0.1, 0.15) is 0 Å². The van der Waals surface area contributed by atoms with Crippen molar-refractivity contribution in [2.24, 2.45) is 0 Å². The SMILES string of the molecule is CCSC(SCC)C1CCCN1Cc1cc(OC)c(OCCCCCBr)cc1N. The van der Waals surface area contributed by atoms with E-state index in [9.17, 15) is 0 Å². The van der Waals surface area contributed by atoms with Gasteiger partial charge in [-0.2, -0.15) is 0 Å². The van der Waals surface area contributed by atoms with Gasteiger partial charge in [-0.05, 0) is 61.8 Å². The maximum Gasteiger partial charge on any atom is 0.163 e. The topological polar surface area (TPSA) is 47.7 Å². The fourth-order valence-electron chi connectivity index (χ4n) is 3.76. The van der Waals surface area contributed by atoms with E-state index >= 15 is 0 Å². The van der Waals surface area contributed by atoms with E-state index in [0.29, 0.717) is 17.2 Å². The molecule has 0 amide bonds. The van der Waals surface area contributed by atoms with Crippen LogP contribution in [0, 0.1) is 0 Å². The van der Waals surface area contributed by atoms with Crippen LogP contribution in [0.15, 0.2) is 12.1 Å². The Balaban J connectivity index is 2.05. The summed E-state index contributed by atoms with van der Waals surface area (Å²) >= 11 is 7.64. The summed E-state index contributed by atoms with van der Waals surface area (Å²) in [6.07, 6.45) is 5.91. The first-order valence-electron chi connectivity index (χ1n) is 10.8. The summed E-state index contributed by atoms with van der Waals surface area (Å²) in [5.74, 6) is 3.87. The number of ether oxygens (including phenoxy) is 2. The summed E-state index contributed by atoms with van der Waals surface area (Å²) in [5, 5.41) is 1.05. The van der Waals surface area contributed by atoms with E-state index in [0.717, 1.165) is 54.0 Å². The quantitative estimate of drug-likeness (QED) is 0.144. The molecule has 1 aliphatic rings. The zero-order valence-electron chi connectivity index (χ0n) is 18.1. The van der Waals surface area contributed by atoms with E-state index in [1.165, 1.54) is 30.8 Å². The van der Waals surface area contributed by atoms with Crippen molar-refractivity contribution >= 4 is 45.1 Å². The molecule has 1 fully saturated rings. The van der Waals surface area contributed by atoms with Gasteiger partial charge in [-0.25, -0.2) is 0 Å². The van der Waals surface area contributed by atoms with Gasteiger partial charge in [-0.3, -0.25) is 4.90 Å². The number of methoxy groups -OCH3 is 1. The Morgan fingerprint density at radius 2 is 1.93 bits per heavy atom. The highest BCUT2D eigenvalue weighted by molar-refractivity contribution is 9.09. The lowest BCUT2D eigenvalue weighted by atomic mass is 10.1. The highest BCUT2D eigenvalue weighted by Gasteiger charge is 2.32. The van der Waals surface area contributed by atoms with Crippen molar-refractivity contribution in [3.63, 3.8) is 0 Å². The summed E-state index contributed by atoms with van der Waals surface area (Å²) in [7, 11) is 1.71. The molecule has 0 spiro atoms. The van der Waals surface area contributed by atoms with Gasteiger partial charge in [0.25, 0.3) is 0 Å². The van der Waals surface area contributed by atoms with Gasteiger partial charge in [0.2, 0.25) is 0 Å². The molecule has 29 heavy (non-hydrogen) atoms. The van der Waals surface area contributed by atoms with Crippen molar-refractivity contribution in [2.75, 3.05) is 42.8 Å². The van der Waals surface area contributed by atoms with E-state index in [1.807, 2.05) is 6.07 Å². The Hall–Kier alpha value is -0.240. The summed E-state index contributed by atoms with van der Waals surface area (Å²) in [6, 6.07) is 4.64. The smallest absolute Gasteiger partial charge is 0.163 e. The summed E-state index contributed by atoms with van der Waals surface area (Å²) in [4.78, 5) is 2.61. The fourth-order valence-corrected chi connectivity index (χ4v) is 7.07. The van der Waals surface area contributed by atoms with Crippen molar-refractivity contribution in [3.8, 4) is 11.5 Å². The second-order valence-electron chi connectivity index (χ2n) is 7.26. The van der Waals surface area contributed by atoms with Crippen LogP contribution in [0.3, 0.4) is 0 Å². The zero-order valence-corrected chi connectivity index (χ0v) is 21.3. The minimum Gasteiger partial charge on any atom is -0.493 e. The number of alkyl halides is 1. The maximum atomic E-state index is 6.44. The Morgan fingerprint density at radius 1 is 1.17 bits per heavy atom. The number of likely N-dealkylation sites (tertiary alicyclic amines) is 1. The van der Waals surface area contributed by atoms with Gasteiger partial charge < -0.3 is 15.2 Å². The van der Waals surface area contributed by atoms with Crippen LogP contribution in [0.25, 0.3) is 0 Å². The number of nitrogen functional groups attached to an aromatic ring is 1. The van der Waals surface area contributed by atoms with Crippen molar-refractivity contribution in [1.82, 2.24) is 4.90 Å². The first-order valence-corrected chi connectivity index (χ1v) is 14.0. The number of hydrogen-bond acceptors (Lipinski definition) is 6. The fraction of sp³-hybridized carbons (Fsp3) is 0.727. The first kappa shape index (κ1) is 25.0. The van der Waals surface area contributed by atoms with Crippen LogP contribution in [0.5, 0.6) is 11.5 Å². The lowest BCUT2D eigenvalue weighted by molar-refractivity contribution is 0.257. The molecule has 1 heterocycles. The lowest BCUT2D eigenvalue weighted by Gasteiger charge is -2.31. The second-order valence-corrected chi connectivity index (χ2v) is 11.2. The Morgan fingerprint density at radius 3 is 2.59 bits per heavy atom. The molecule has 7 heteroatoms. The molecule has 0 aromatic heterocycles. The number of rotatable bonds is 14. The predicted molar refractivity (Wildman–Crippen MR) is 134 cm³/mol. The van der Waals surface area contributed by atoms with Crippen LogP contribution >= 0.6 is 39.5 Å². The number of anilines is 1. The molecule has 0 aliphatic carbocycles. The Kier molecular flexibility index (Phi) is 12.0. The van der Waals surface area contributed by atoms with E-state index < -0.39 is 0 Å². The molecule has 2 N–H and O–H groups in total. The Bertz CT molecular complexity index is 600. The van der Waals surface area contributed by atoms with Gasteiger partial charge in [-0.15, -0.1) is 23.5 Å². The largest absolute Gasteiger partial charge is 0.493 e. The van der Waals surface area contributed by atoms with Crippen LogP contribution in [0.1, 0.15) is 51.5 Å². The van der Waals surface area contributed by atoms with E-state index in [2.05, 4.69) is 64.3 Å².